The molecule has 0 aromatic carbocycles. The highest BCUT2D eigenvalue weighted by molar-refractivity contribution is 4.84. The molecule has 1 aliphatic carbocycles. The summed E-state index contributed by atoms with van der Waals surface area (Å²) in [6, 6.07) is 1.55. The fraction of sp³-hybridized carbons (Fsp3) is 1.00. The van der Waals surface area contributed by atoms with Crippen LogP contribution in [0.3, 0.4) is 0 Å². The fourth-order valence-electron chi connectivity index (χ4n) is 3.06. The van der Waals surface area contributed by atoms with Crippen LogP contribution >= 0.6 is 0 Å². The Morgan fingerprint density at radius 1 is 1.24 bits per heavy atom. The van der Waals surface area contributed by atoms with Gasteiger partial charge in [-0.15, -0.1) is 0 Å². The molecule has 1 saturated carbocycles. The largest absolute Gasteiger partial charge is 0.314 e. The van der Waals surface area contributed by atoms with Crippen molar-refractivity contribution in [2.75, 3.05) is 19.6 Å². The molecule has 0 aromatic rings. The van der Waals surface area contributed by atoms with Gasteiger partial charge in [-0.1, -0.05) is 26.7 Å². The van der Waals surface area contributed by atoms with Gasteiger partial charge < -0.3 is 10.2 Å². The fourth-order valence-corrected chi connectivity index (χ4v) is 3.06. The van der Waals surface area contributed by atoms with Gasteiger partial charge in [0, 0.05) is 18.6 Å². The van der Waals surface area contributed by atoms with Crippen LogP contribution < -0.4 is 5.32 Å². The Labute approximate surface area is 107 Å². The van der Waals surface area contributed by atoms with Crippen LogP contribution in [0.5, 0.6) is 0 Å². The zero-order valence-corrected chi connectivity index (χ0v) is 11.9. The summed E-state index contributed by atoms with van der Waals surface area (Å²) in [5.41, 5.74) is 0. The first-order valence-corrected chi connectivity index (χ1v) is 7.66. The summed E-state index contributed by atoms with van der Waals surface area (Å²) in [6.45, 7) is 10.9. The van der Waals surface area contributed by atoms with E-state index < -0.39 is 0 Å². The average molecular weight is 238 g/mol. The first-order chi connectivity index (χ1) is 8.19. The molecule has 0 bridgehead atoms. The minimum absolute atomic E-state index is 0.693. The van der Waals surface area contributed by atoms with Crippen molar-refractivity contribution < 1.29 is 0 Å². The lowest BCUT2D eigenvalue weighted by molar-refractivity contribution is 0.133. The summed E-state index contributed by atoms with van der Waals surface area (Å²) < 4.78 is 0. The Bertz CT molecular complexity index is 225. The minimum Gasteiger partial charge on any atom is -0.314 e. The van der Waals surface area contributed by atoms with Crippen molar-refractivity contribution in [2.24, 2.45) is 11.8 Å². The number of rotatable bonds is 4. The van der Waals surface area contributed by atoms with Crippen LogP contribution in [0.4, 0.5) is 0 Å². The monoisotopic (exact) mass is 238 g/mol. The van der Waals surface area contributed by atoms with Crippen molar-refractivity contribution in [1.29, 1.82) is 0 Å². The number of nitrogens with one attached hydrogen (secondary N) is 1. The third-order valence-electron chi connectivity index (χ3n) is 4.50. The lowest BCUT2D eigenvalue weighted by Crippen LogP contribution is -2.46. The summed E-state index contributed by atoms with van der Waals surface area (Å²) in [4.78, 5) is 2.79. The smallest absolute Gasteiger partial charge is 0.00954 e. The molecule has 2 rings (SSSR count). The summed E-state index contributed by atoms with van der Waals surface area (Å²) >= 11 is 0. The highest BCUT2D eigenvalue weighted by Crippen LogP contribution is 2.35. The van der Waals surface area contributed by atoms with Crippen molar-refractivity contribution in [3.63, 3.8) is 0 Å². The second-order valence-corrected chi connectivity index (χ2v) is 6.44. The van der Waals surface area contributed by atoms with E-state index in [0.29, 0.717) is 6.04 Å². The Morgan fingerprint density at radius 3 is 2.65 bits per heavy atom. The van der Waals surface area contributed by atoms with Crippen molar-refractivity contribution in [3.8, 4) is 0 Å². The van der Waals surface area contributed by atoms with E-state index in [-0.39, 0.29) is 0 Å². The molecule has 1 aliphatic heterocycles. The van der Waals surface area contributed by atoms with E-state index in [1.54, 1.807) is 0 Å². The van der Waals surface area contributed by atoms with E-state index >= 15 is 0 Å². The topological polar surface area (TPSA) is 15.3 Å². The maximum Gasteiger partial charge on any atom is 0.00954 e. The van der Waals surface area contributed by atoms with Crippen molar-refractivity contribution >= 4 is 0 Å². The Balaban J connectivity index is 1.89. The molecule has 1 saturated heterocycles. The van der Waals surface area contributed by atoms with Gasteiger partial charge in [0.15, 0.2) is 0 Å². The molecule has 100 valence electrons. The molecule has 2 heteroatoms. The average Bonchev–Trinajstić information content (AvgIpc) is 3.10. The zero-order chi connectivity index (χ0) is 12.3. The van der Waals surface area contributed by atoms with E-state index in [1.165, 1.54) is 51.7 Å². The molecular formula is C15H30N2. The van der Waals surface area contributed by atoms with E-state index in [0.717, 1.165) is 17.9 Å². The van der Waals surface area contributed by atoms with Gasteiger partial charge in [-0.2, -0.15) is 0 Å². The van der Waals surface area contributed by atoms with E-state index in [2.05, 4.69) is 31.0 Å². The molecule has 17 heavy (non-hydrogen) atoms. The van der Waals surface area contributed by atoms with Crippen molar-refractivity contribution in [2.45, 2.75) is 65.0 Å². The summed E-state index contributed by atoms with van der Waals surface area (Å²) in [6.07, 6.45) is 7.11. The van der Waals surface area contributed by atoms with Gasteiger partial charge in [-0.05, 0) is 51.1 Å². The molecule has 2 nitrogen and oxygen atoms in total. The number of hydrogen-bond acceptors (Lipinski definition) is 2. The van der Waals surface area contributed by atoms with Crippen LogP contribution in [0.25, 0.3) is 0 Å². The molecule has 3 atom stereocenters. The van der Waals surface area contributed by atoms with Gasteiger partial charge in [0.1, 0.15) is 0 Å². The van der Waals surface area contributed by atoms with Crippen LogP contribution in [0.15, 0.2) is 0 Å². The maximum atomic E-state index is 3.64. The van der Waals surface area contributed by atoms with E-state index in [9.17, 15) is 0 Å². The summed E-state index contributed by atoms with van der Waals surface area (Å²) in [7, 11) is 0. The van der Waals surface area contributed by atoms with Gasteiger partial charge in [0.05, 0.1) is 0 Å². The third kappa shape index (κ3) is 4.26. The van der Waals surface area contributed by atoms with Gasteiger partial charge >= 0.3 is 0 Å². The molecule has 1 N–H and O–H groups in total. The molecule has 2 fully saturated rings. The second-order valence-electron chi connectivity index (χ2n) is 6.44. The predicted octanol–water partition coefficient (Wildman–Crippen LogP) is 2.89. The second kappa shape index (κ2) is 6.19. The first kappa shape index (κ1) is 13.4. The number of nitrogens with zero attached hydrogens (tertiary/aromatic N) is 1. The normalized spacial score (nSPS) is 34.1. The Morgan fingerprint density at radius 2 is 2.00 bits per heavy atom. The zero-order valence-electron chi connectivity index (χ0n) is 11.9. The SMILES string of the molecule is CCC(CC1CC1)N1CCC(C)NCC(C)C1. The summed E-state index contributed by atoms with van der Waals surface area (Å²) in [5, 5.41) is 3.64. The lowest BCUT2D eigenvalue weighted by atomic mass is 10.0. The quantitative estimate of drug-likeness (QED) is 0.810. The van der Waals surface area contributed by atoms with Gasteiger partial charge in [0.25, 0.3) is 0 Å². The summed E-state index contributed by atoms with van der Waals surface area (Å²) in [5.74, 6) is 1.86. The Kier molecular flexibility index (Phi) is 4.87. The van der Waals surface area contributed by atoms with Gasteiger partial charge in [-0.25, -0.2) is 0 Å². The van der Waals surface area contributed by atoms with Crippen LogP contribution in [-0.4, -0.2) is 36.6 Å². The molecule has 1 heterocycles. The van der Waals surface area contributed by atoms with Crippen LogP contribution in [0.1, 0.15) is 52.9 Å². The van der Waals surface area contributed by atoms with E-state index in [1.807, 2.05) is 0 Å². The molecule has 0 aromatic heterocycles. The molecule has 0 amide bonds. The molecular weight excluding hydrogens is 208 g/mol. The van der Waals surface area contributed by atoms with Crippen LogP contribution in [-0.2, 0) is 0 Å². The predicted molar refractivity (Wildman–Crippen MR) is 74.2 cm³/mol. The van der Waals surface area contributed by atoms with Gasteiger partial charge in [0.2, 0.25) is 0 Å². The Hall–Kier alpha value is -0.0800. The molecule has 2 aliphatic rings. The highest BCUT2D eigenvalue weighted by Gasteiger charge is 2.29. The standard InChI is InChI=1S/C15H30N2/c1-4-15(9-14-5-6-14)17-8-7-13(3)16-10-12(2)11-17/h12-16H,4-11H2,1-3H3. The van der Waals surface area contributed by atoms with Gasteiger partial charge in [-0.3, -0.25) is 0 Å². The minimum atomic E-state index is 0.693. The van der Waals surface area contributed by atoms with Crippen LogP contribution in [0.2, 0.25) is 0 Å². The first-order valence-electron chi connectivity index (χ1n) is 7.66. The van der Waals surface area contributed by atoms with Crippen molar-refractivity contribution in [3.05, 3.63) is 0 Å². The van der Waals surface area contributed by atoms with Crippen molar-refractivity contribution in [1.82, 2.24) is 10.2 Å². The van der Waals surface area contributed by atoms with E-state index in [4.69, 9.17) is 0 Å². The lowest BCUT2D eigenvalue weighted by Gasteiger charge is -2.36. The molecule has 0 radical (unpaired) electrons. The third-order valence-corrected chi connectivity index (χ3v) is 4.50. The van der Waals surface area contributed by atoms with Crippen LogP contribution in [0, 0.1) is 11.8 Å². The maximum absolute atomic E-state index is 3.64. The number of hydrogen-bond donors (Lipinski definition) is 1. The molecule has 3 unspecified atom stereocenters. The highest BCUT2D eigenvalue weighted by atomic mass is 15.2. The molecule has 0 spiro atoms.